The van der Waals surface area contributed by atoms with E-state index in [2.05, 4.69) is 29.3 Å². The zero-order chi connectivity index (χ0) is 14.4. The number of ether oxygens (including phenoxy) is 2. The lowest BCUT2D eigenvalue weighted by Crippen LogP contribution is -2.42. The SMILES string of the molecule is CCCc1cc(OC)c(CN2CCNCC2)cc1OC. The summed E-state index contributed by atoms with van der Waals surface area (Å²) in [6, 6.07) is 4.28. The standard InChI is InChI=1S/C16H26N2O2/c1-4-5-13-10-16(20-3)14(11-15(13)19-2)12-18-8-6-17-7-9-18/h10-11,17H,4-9,12H2,1-3H3. The second kappa shape index (κ2) is 7.50. The van der Waals surface area contributed by atoms with Crippen LogP contribution in [0.5, 0.6) is 11.5 Å². The number of benzene rings is 1. The molecule has 1 fully saturated rings. The summed E-state index contributed by atoms with van der Waals surface area (Å²) in [5, 5.41) is 3.38. The van der Waals surface area contributed by atoms with Gasteiger partial charge in [-0.3, -0.25) is 4.90 Å². The minimum atomic E-state index is 0.924. The predicted octanol–water partition coefficient (Wildman–Crippen LogP) is 2.06. The van der Waals surface area contributed by atoms with E-state index in [1.807, 2.05) is 0 Å². The minimum Gasteiger partial charge on any atom is -0.496 e. The van der Waals surface area contributed by atoms with Crippen LogP contribution in [0, 0.1) is 0 Å². The van der Waals surface area contributed by atoms with E-state index in [1.165, 1.54) is 11.1 Å². The lowest BCUT2D eigenvalue weighted by molar-refractivity contribution is 0.229. The van der Waals surface area contributed by atoms with E-state index in [0.29, 0.717) is 0 Å². The minimum absolute atomic E-state index is 0.924. The van der Waals surface area contributed by atoms with Crippen LogP contribution in [0.1, 0.15) is 24.5 Å². The molecular weight excluding hydrogens is 252 g/mol. The molecule has 0 spiro atoms. The van der Waals surface area contributed by atoms with E-state index >= 15 is 0 Å². The first-order chi connectivity index (χ1) is 9.78. The van der Waals surface area contributed by atoms with Crippen LogP contribution in [0.4, 0.5) is 0 Å². The number of hydrogen-bond acceptors (Lipinski definition) is 4. The highest BCUT2D eigenvalue weighted by Crippen LogP contribution is 2.30. The molecule has 1 N–H and O–H groups in total. The Labute approximate surface area is 122 Å². The fourth-order valence-corrected chi connectivity index (χ4v) is 2.72. The van der Waals surface area contributed by atoms with Crippen molar-refractivity contribution in [2.24, 2.45) is 0 Å². The number of aryl methyl sites for hydroxylation is 1. The molecule has 1 aromatic rings. The summed E-state index contributed by atoms with van der Waals surface area (Å²) < 4.78 is 11.1. The van der Waals surface area contributed by atoms with Gasteiger partial charge in [-0.15, -0.1) is 0 Å². The Kier molecular flexibility index (Phi) is 5.68. The Hall–Kier alpha value is -1.26. The van der Waals surface area contributed by atoms with Crippen molar-refractivity contribution in [2.45, 2.75) is 26.3 Å². The van der Waals surface area contributed by atoms with Crippen molar-refractivity contribution < 1.29 is 9.47 Å². The second-order valence-electron chi connectivity index (χ2n) is 5.25. The monoisotopic (exact) mass is 278 g/mol. The van der Waals surface area contributed by atoms with Crippen molar-refractivity contribution in [1.82, 2.24) is 10.2 Å². The molecule has 20 heavy (non-hydrogen) atoms. The lowest BCUT2D eigenvalue weighted by Gasteiger charge is -2.28. The molecular formula is C16H26N2O2. The molecule has 4 nitrogen and oxygen atoms in total. The maximum absolute atomic E-state index is 5.58. The maximum Gasteiger partial charge on any atom is 0.123 e. The van der Waals surface area contributed by atoms with Crippen LogP contribution in [0.2, 0.25) is 0 Å². The van der Waals surface area contributed by atoms with Gasteiger partial charge in [-0.05, 0) is 24.1 Å². The van der Waals surface area contributed by atoms with Crippen molar-refractivity contribution in [1.29, 1.82) is 0 Å². The van der Waals surface area contributed by atoms with Crippen LogP contribution < -0.4 is 14.8 Å². The summed E-state index contributed by atoms with van der Waals surface area (Å²) in [6.07, 6.45) is 2.13. The number of rotatable bonds is 6. The van der Waals surface area contributed by atoms with E-state index in [1.54, 1.807) is 14.2 Å². The van der Waals surface area contributed by atoms with E-state index < -0.39 is 0 Å². The van der Waals surface area contributed by atoms with Gasteiger partial charge in [0.1, 0.15) is 11.5 Å². The fourth-order valence-electron chi connectivity index (χ4n) is 2.72. The Morgan fingerprint density at radius 3 is 2.25 bits per heavy atom. The van der Waals surface area contributed by atoms with Crippen molar-refractivity contribution >= 4 is 0 Å². The summed E-state index contributed by atoms with van der Waals surface area (Å²) in [4.78, 5) is 2.45. The Balaban J connectivity index is 2.21. The smallest absolute Gasteiger partial charge is 0.123 e. The van der Waals surface area contributed by atoms with Gasteiger partial charge in [0.15, 0.2) is 0 Å². The van der Waals surface area contributed by atoms with Gasteiger partial charge in [-0.1, -0.05) is 13.3 Å². The van der Waals surface area contributed by atoms with Gasteiger partial charge in [-0.25, -0.2) is 0 Å². The highest BCUT2D eigenvalue weighted by atomic mass is 16.5. The van der Waals surface area contributed by atoms with E-state index in [9.17, 15) is 0 Å². The Morgan fingerprint density at radius 1 is 1.05 bits per heavy atom. The summed E-state index contributed by atoms with van der Waals surface area (Å²) in [7, 11) is 3.49. The van der Waals surface area contributed by atoms with Crippen molar-refractivity contribution in [3.8, 4) is 11.5 Å². The number of piperazine rings is 1. The summed E-state index contributed by atoms with van der Waals surface area (Å²) >= 11 is 0. The largest absolute Gasteiger partial charge is 0.496 e. The van der Waals surface area contributed by atoms with Gasteiger partial charge in [0.05, 0.1) is 14.2 Å². The van der Waals surface area contributed by atoms with Crippen LogP contribution in [0.15, 0.2) is 12.1 Å². The molecule has 0 aromatic heterocycles. The predicted molar refractivity (Wildman–Crippen MR) is 81.7 cm³/mol. The van der Waals surface area contributed by atoms with Crippen molar-refractivity contribution in [3.63, 3.8) is 0 Å². The van der Waals surface area contributed by atoms with E-state index in [4.69, 9.17) is 9.47 Å². The molecule has 0 radical (unpaired) electrons. The van der Waals surface area contributed by atoms with Gasteiger partial charge in [-0.2, -0.15) is 0 Å². The molecule has 1 aliphatic heterocycles. The van der Waals surface area contributed by atoms with Gasteiger partial charge in [0.25, 0.3) is 0 Å². The zero-order valence-electron chi connectivity index (χ0n) is 12.9. The molecule has 1 aliphatic rings. The first-order valence-electron chi connectivity index (χ1n) is 7.45. The van der Waals surface area contributed by atoms with Gasteiger partial charge >= 0.3 is 0 Å². The number of hydrogen-bond donors (Lipinski definition) is 1. The molecule has 4 heteroatoms. The fraction of sp³-hybridized carbons (Fsp3) is 0.625. The molecule has 1 aromatic carbocycles. The van der Waals surface area contributed by atoms with Gasteiger partial charge < -0.3 is 14.8 Å². The van der Waals surface area contributed by atoms with E-state index in [-0.39, 0.29) is 0 Å². The molecule has 0 amide bonds. The van der Waals surface area contributed by atoms with Gasteiger partial charge in [0, 0.05) is 38.3 Å². The lowest BCUT2D eigenvalue weighted by atomic mass is 10.0. The average Bonchev–Trinajstić information content (AvgIpc) is 2.49. The molecule has 0 atom stereocenters. The first-order valence-corrected chi connectivity index (χ1v) is 7.45. The van der Waals surface area contributed by atoms with Gasteiger partial charge in [0.2, 0.25) is 0 Å². The van der Waals surface area contributed by atoms with Crippen LogP contribution in [-0.4, -0.2) is 45.3 Å². The van der Waals surface area contributed by atoms with Crippen LogP contribution in [-0.2, 0) is 13.0 Å². The maximum atomic E-state index is 5.58. The summed E-state index contributed by atoms with van der Waals surface area (Å²) in [5.74, 6) is 1.96. The number of nitrogens with zero attached hydrogens (tertiary/aromatic N) is 1. The topological polar surface area (TPSA) is 33.7 Å². The molecule has 112 valence electrons. The normalized spacial score (nSPS) is 16.1. The first kappa shape index (κ1) is 15.1. The molecule has 0 unspecified atom stereocenters. The molecule has 0 bridgehead atoms. The number of methoxy groups -OCH3 is 2. The third kappa shape index (κ3) is 3.64. The zero-order valence-corrected chi connectivity index (χ0v) is 12.9. The Bertz CT molecular complexity index is 429. The van der Waals surface area contributed by atoms with Crippen molar-refractivity contribution in [2.75, 3.05) is 40.4 Å². The summed E-state index contributed by atoms with van der Waals surface area (Å²) in [5.41, 5.74) is 2.45. The molecule has 0 saturated carbocycles. The van der Waals surface area contributed by atoms with Crippen LogP contribution in [0.25, 0.3) is 0 Å². The third-order valence-corrected chi connectivity index (χ3v) is 3.81. The second-order valence-corrected chi connectivity index (χ2v) is 5.25. The highest BCUT2D eigenvalue weighted by molar-refractivity contribution is 5.46. The summed E-state index contributed by atoms with van der Waals surface area (Å²) in [6.45, 7) is 7.40. The van der Waals surface area contributed by atoms with Crippen LogP contribution in [0.3, 0.4) is 0 Å². The molecule has 2 rings (SSSR count). The average molecular weight is 278 g/mol. The highest BCUT2D eigenvalue weighted by Gasteiger charge is 2.15. The Morgan fingerprint density at radius 2 is 1.65 bits per heavy atom. The van der Waals surface area contributed by atoms with Crippen molar-refractivity contribution in [3.05, 3.63) is 23.3 Å². The molecule has 1 heterocycles. The number of nitrogens with one attached hydrogen (secondary N) is 1. The quantitative estimate of drug-likeness (QED) is 0.863. The molecule has 1 saturated heterocycles. The van der Waals surface area contributed by atoms with E-state index in [0.717, 1.165) is 57.1 Å². The van der Waals surface area contributed by atoms with Crippen LogP contribution >= 0.6 is 0 Å². The molecule has 0 aliphatic carbocycles. The third-order valence-electron chi connectivity index (χ3n) is 3.81.